The summed E-state index contributed by atoms with van der Waals surface area (Å²) in [6.07, 6.45) is 0.850. The van der Waals surface area contributed by atoms with E-state index < -0.39 is 5.54 Å². The molecule has 1 heterocycles. The molecule has 0 bridgehead atoms. The van der Waals surface area contributed by atoms with Crippen molar-refractivity contribution in [3.63, 3.8) is 0 Å². The molecule has 2 aromatic rings. The van der Waals surface area contributed by atoms with Gasteiger partial charge in [0.25, 0.3) is 0 Å². The molecule has 0 amide bonds. The van der Waals surface area contributed by atoms with Crippen LogP contribution in [0.4, 0.5) is 0 Å². The predicted octanol–water partition coefficient (Wildman–Crippen LogP) is 2.68. The third-order valence-corrected chi connectivity index (χ3v) is 3.80. The molecule has 1 unspecified atom stereocenters. The van der Waals surface area contributed by atoms with Crippen LogP contribution in [0, 0.1) is 0 Å². The second-order valence-electron chi connectivity index (χ2n) is 5.29. The van der Waals surface area contributed by atoms with Crippen LogP contribution in [-0.4, -0.2) is 12.4 Å². The molecular weight excluding hydrogens is 250 g/mol. The van der Waals surface area contributed by atoms with E-state index in [1.807, 2.05) is 42.5 Å². The normalized spacial score (nSPS) is 16.1. The summed E-state index contributed by atoms with van der Waals surface area (Å²) in [6, 6.07) is 15.1. The zero-order valence-corrected chi connectivity index (χ0v) is 11.4. The molecule has 2 aromatic carbocycles. The Balaban J connectivity index is 2.03. The van der Waals surface area contributed by atoms with Gasteiger partial charge in [0.2, 0.25) is 0 Å². The number of benzene rings is 2. The van der Waals surface area contributed by atoms with Gasteiger partial charge in [-0.2, -0.15) is 0 Å². The van der Waals surface area contributed by atoms with Crippen molar-refractivity contribution in [2.45, 2.75) is 18.9 Å². The van der Waals surface area contributed by atoms with E-state index in [2.05, 4.69) is 0 Å². The Morgan fingerprint density at radius 2 is 1.90 bits per heavy atom. The summed E-state index contributed by atoms with van der Waals surface area (Å²) in [5.41, 5.74) is 7.72. The maximum Gasteiger partial charge on any atom is 0.190 e. The summed E-state index contributed by atoms with van der Waals surface area (Å²) >= 11 is 0. The van der Waals surface area contributed by atoms with Crippen molar-refractivity contribution in [1.29, 1.82) is 0 Å². The van der Waals surface area contributed by atoms with Crippen LogP contribution in [0.5, 0.6) is 5.75 Å². The number of Topliss-reactive ketones (excluding diaryl/α,β-unsaturated/α-hetero) is 1. The maximum absolute atomic E-state index is 12.8. The molecule has 3 nitrogen and oxygen atoms in total. The first-order valence-corrected chi connectivity index (χ1v) is 6.74. The molecule has 0 radical (unpaired) electrons. The number of para-hydroxylation sites is 1. The van der Waals surface area contributed by atoms with Gasteiger partial charge in [0.15, 0.2) is 5.78 Å². The van der Waals surface area contributed by atoms with E-state index in [4.69, 9.17) is 10.5 Å². The van der Waals surface area contributed by atoms with E-state index in [0.717, 1.165) is 17.5 Å². The third-order valence-electron chi connectivity index (χ3n) is 3.80. The largest absolute Gasteiger partial charge is 0.492 e. The maximum atomic E-state index is 12.8. The van der Waals surface area contributed by atoms with Crippen LogP contribution in [0.1, 0.15) is 28.4 Å². The zero-order valence-electron chi connectivity index (χ0n) is 11.4. The summed E-state index contributed by atoms with van der Waals surface area (Å²) in [7, 11) is 0. The fourth-order valence-electron chi connectivity index (χ4n) is 2.59. The first-order chi connectivity index (χ1) is 9.60. The molecular formula is C17H17NO2. The van der Waals surface area contributed by atoms with Gasteiger partial charge in [-0.3, -0.25) is 4.79 Å². The lowest BCUT2D eigenvalue weighted by Crippen LogP contribution is -2.42. The molecule has 0 saturated carbocycles. The average Bonchev–Trinajstić information content (AvgIpc) is 2.95. The first kappa shape index (κ1) is 12.9. The molecule has 0 fully saturated rings. The molecule has 1 aliphatic heterocycles. The summed E-state index contributed by atoms with van der Waals surface area (Å²) in [4.78, 5) is 12.8. The highest BCUT2D eigenvalue weighted by Gasteiger charge is 2.34. The van der Waals surface area contributed by atoms with Gasteiger partial charge in [0, 0.05) is 6.42 Å². The van der Waals surface area contributed by atoms with E-state index in [1.54, 1.807) is 13.0 Å². The van der Waals surface area contributed by atoms with Crippen LogP contribution in [0.25, 0.3) is 0 Å². The number of rotatable bonds is 3. The Hall–Kier alpha value is -2.13. The van der Waals surface area contributed by atoms with Gasteiger partial charge in [0.05, 0.1) is 12.2 Å². The second-order valence-corrected chi connectivity index (χ2v) is 5.29. The molecule has 2 N–H and O–H groups in total. The van der Waals surface area contributed by atoms with Crippen LogP contribution in [0.15, 0.2) is 48.5 Å². The molecule has 0 spiro atoms. The molecule has 3 heteroatoms. The summed E-state index contributed by atoms with van der Waals surface area (Å²) in [6.45, 7) is 2.38. The topological polar surface area (TPSA) is 52.3 Å². The van der Waals surface area contributed by atoms with Gasteiger partial charge in [-0.1, -0.05) is 42.5 Å². The van der Waals surface area contributed by atoms with E-state index in [1.165, 1.54) is 0 Å². The summed E-state index contributed by atoms with van der Waals surface area (Å²) < 4.78 is 5.61. The monoisotopic (exact) mass is 267 g/mol. The number of ether oxygens (including phenoxy) is 1. The molecule has 1 atom stereocenters. The Labute approximate surface area is 118 Å². The molecule has 0 aromatic heterocycles. The predicted molar refractivity (Wildman–Crippen MR) is 78.0 cm³/mol. The lowest BCUT2D eigenvalue weighted by molar-refractivity contribution is 0.0896. The van der Waals surface area contributed by atoms with Crippen LogP contribution in [0.2, 0.25) is 0 Å². The van der Waals surface area contributed by atoms with Crippen molar-refractivity contribution < 1.29 is 9.53 Å². The van der Waals surface area contributed by atoms with Crippen molar-refractivity contribution in [2.24, 2.45) is 5.73 Å². The van der Waals surface area contributed by atoms with Crippen molar-refractivity contribution in [1.82, 2.24) is 0 Å². The number of ketones is 1. The van der Waals surface area contributed by atoms with Gasteiger partial charge in [-0.15, -0.1) is 0 Å². The van der Waals surface area contributed by atoms with Crippen LogP contribution in [-0.2, 0) is 12.0 Å². The Kier molecular flexibility index (Phi) is 3.07. The molecule has 102 valence electrons. The number of fused-ring (bicyclic) bond motifs is 1. The van der Waals surface area contributed by atoms with E-state index >= 15 is 0 Å². The fraction of sp³-hybridized carbons (Fsp3) is 0.235. The van der Waals surface area contributed by atoms with Crippen molar-refractivity contribution >= 4 is 5.78 Å². The number of hydrogen-bond acceptors (Lipinski definition) is 3. The zero-order chi connectivity index (χ0) is 14.2. The van der Waals surface area contributed by atoms with E-state index in [0.29, 0.717) is 17.9 Å². The van der Waals surface area contributed by atoms with Crippen molar-refractivity contribution in [3.05, 3.63) is 65.2 Å². The van der Waals surface area contributed by atoms with Gasteiger partial charge in [-0.05, 0) is 24.1 Å². The lowest BCUT2D eigenvalue weighted by Gasteiger charge is -2.24. The lowest BCUT2D eigenvalue weighted by atomic mass is 9.84. The fourth-order valence-corrected chi connectivity index (χ4v) is 2.59. The van der Waals surface area contributed by atoms with Crippen LogP contribution < -0.4 is 10.5 Å². The number of nitrogens with two attached hydrogens (primary N) is 1. The van der Waals surface area contributed by atoms with E-state index in [9.17, 15) is 4.79 Å². The van der Waals surface area contributed by atoms with Gasteiger partial charge in [-0.25, -0.2) is 0 Å². The molecule has 0 saturated heterocycles. The highest BCUT2D eigenvalue weighted by atomic mass is 16.5. The summed E-state index contributed by atoms with van der Waals surface area (Å²) in [5, 5.41) is 0. The Morgan fingerprint density at radius 1 is 1.15 bits per heavy atom. The average molecular weight is 267 g/mol. The second kappa shape index (κ2) is 4.76. The Morgan fingerprint density at radius 3 is 2.65 bits per heavy atom. The molecule has 20 heavy (non-hydrogen) atoms. The minimum Gasteiger partial charge on any atom is -0.492 e. The van der Waals surface area contributed by atoms with Crippen LogP contribution >= 0.6 is 0 Å². The quantitative estimate of drug-likeness (QED) is 0.870. The van der Waals surface area contributed by atoms with Gasteiger partial charge >= 0.3 is 0 Å². The van der Waals surface area contributed by atoms with Crippen molar-refractivity contribution in [2.75, 3.05) is 6.61 Å². The highest BCUT2D eigenvalue weighted by molar-refractivity contribution is 6.05. The standard InChI is InChI=1S/C17H17NO2/c1-17(18,13-7-3-2-4-8-13)16(19)14-9-5-6-12-10-11-20-15(12)14/h2-9H,10-11,18H2,1H3. The van der Waals surface area contributed by atoms with Gasteiger partial charge < -0.3 is 10.5 Å². The Bertz CT molecular complexity index is 647. The minimum absolute atomic E-state index is 0.109. The van der Waals surface area contributed by atoms with Crippen LogP contribution in [0.3, 0.4) is 0 Å². The minimum atomic E-state index is -1.05. The van der Waals surface area contributed by atoms with Crippen molar-refractivity contribution in [3.8, 4) is 5.75 Å². The smallest absolute Gasteiger partial charge is 0.190 e. The molecule has 0 aliphatic carbocycles. The molecule has 1 aliphatic rings. The summed E-state index contributed by atoms with van der Waals surface area (Å²) in [5.74, 6) is 0.590. The number of carbonyl (C=O) groups excluding carboxylic acids is 1. The van der Waals surface area contributed by atoms with Gasteiger partial charge in [0.1, 0.15) is 11.3 Å². The number of carbonyl (C=O) groups is 1. The highest BCUT2D eigenvalue weighted by Crippen LogP contribution is 2.33. The van der Waals surface area contributed by atoms with E-state index in [-0.39, 0.29) is 5.78 Å². The molecule has 3 rings (SSSR count). The SMILES string of the molecule is CC(N)(C(=O)c1cccc2c1OCC2)c1ccccc1. The first-order valence-electron chi connectivity index (χ1n) is 6.74. The third kappa shape index (κ3) is 2.00. The number of hydrogen-bond donors (Lipinski definition) is 1.